The molecule has 7 nitrogen and oxygen atoms in total. The number of esters is 1. The third-order valence-electron chi connectivity index (χ3n) is 3.96. The smallest absolute Gasteiger partial charge is 0.314 e. The molecule has 134 valence electrons. The number of hydrogen-bond donors (Lipinski definition) is 2. The zero-order valence-electron chi connectivity index (χ0n) is 14.7. The minimum Gasteiger partial charge on any atom is -0.497 e. The van der Waals surface area contributed by atoms with Crippen LogP contribution in [0.3, 0.4) is 0 Å². The van der Waals surface area contributed by atoms with Crippen LogP contribution in [-0.2, 0) is 14.3 Å². The predicted octanol–water partition coefficient (Wildman–Crippen LogP) is 2.45. The standard InChI is InChI=1S/C18H23N3O4/c1-18(2,17(22)24-3)11-25-14-7-4-12(5-8-14)15-9-6-13(10-20-15)16(19)21-23/h4,6-7,9-10,23H,5,8,11H2,1-3H3,(H2,19,21). The topological polar surface area (TPSA) is 107 Å². The van der Waals surface area contributed by atoms with Gasteiger partial charge < -0.3 is 20.4 Å². The van der Waals surface area contributed by atoms with Gasteiger partial charge in [-0.15, -0.1) is 0 Å². The fourth-order valence-electron chi connectivity index (χ4n) is 2.35. The number of carbonyl (C=O) groups is 1. The lowest BCUT2D eigenvalue weighted by Crippen LogP contribution is -2.30. The first-order valence-electron chi connectivity index (χ1n) is 7.92. The molecule has 2 rings (SSSR count). The molecule has 0 aromatic carbocycles. The summed E-state index contributed by atoms with van der Waals surface area (Å²) in [6.07, 6.45) is 6.92. The Hall–Kier alpha value is -2.83. The molecule has 0 saturated heterocycles. The van der Waals surface area contributed by atoms with E-state index < -0.39 is 5.41 Å². The zero-order chi connectivity index (χ0) is 18.4. The molecule has 0 fully saturated rings. The van der Waals surface area contributed by atoms with Crippen molar-refractivity contribution < 1.29 is 19.5 Å². The summed E-state index contributed by atoms with van der Waals surface area (Å²) in [5, 5.41) is 11.6. The van der Waals surface area contributed by atoms with Gasteiger partial charge >= 0.3 is 5.97 Å². The van der Waals surface area contributed by atoms with Gasteiger partial charge in [0.25, 0.3) is 0 Å². The van der Waals surface area contributed by atoms with Gasteiger partial charge in [0.1, 0.15) is 6.61 Å². The highest BCUT2D eigenvalue weighted by Gasteiger charge is 2.30. The van der Waals surface area contributed by atoms with Crippen molar-refractivity contribution in [2.45, 2.75) is 26.7 Å². The molecular weight excluding hydrogens is 322 g/mol. The summed E-state index contributed by atoms with van der Waals surface area (Å²) in [6.45, 7) is 3.84. The van der Waals surface area contributed by atoms with E-state index in [1.54, 1.807) is 26.1 Å². The van der Waals surface area contributed by atoms with Gasteiger partial charge in [0.15, 0.2) is 5.84 Å². The summed E-state index contributed by atoms with van der Waals surface area (Å²) in [5.74, 6) is 0.560. The number of aromatic nitrogens is 1. The molecule has 0 spiro atoms. The molecule has 1 aromatic rings. The van der Waals surface area contributed by atoms with Crippen molar-refractivity contribution in [2.75, 3.05) is 13.7 Å². The highest BCUT2D eigenvalue weighted by molar-refractivity contribution is 5.96. The molecular formula is C18H23N3O4. The molecule has 0 bridgehead atoms. The first-order chi connectivity index (χ1) is 11.9. The molecule has 7 heteroatoms. The first kappa shape index (κ1) is 18.5. The van der Waals surface area contributed by atoms with Crippen LogP contribution in [0.25, 0.3) is 5.57 Å². The van der Waals surface area contributed by atoms with Crippen LogP contribution in [-0.4, -0.2) is 35.7 Å². The van der Waals surface area contributed by atoms with E-state index in [1.807, 2.05) is 18.2 Å². The van der Waals surface area contributed by atoms with E-state index in [1.165, 1.54) is 7.11 Å². The molecule has 25 heavy (non-hydrogen) atoms. The summed E-state index contributed by atoms with van der Waals surface area (Å²) in [7, 11) is 1.37. The van der Waals surface area contributed by atoms with Crippen LogP contribution in [0.5, 0.6) is 0 Å². The Balaban J connectivity index is 2.02. The highest BCUT2D eigenvalue weighted by atomic mass is 16.5. The van der Waals surface area contributed by atoms with E-state index in [9.17, 15) is 4.79 Å². The van der Waals surface area contributed by atoms with Crippen molar-refractivity contribution in [3.05, 3.63) is 47.5 Å². The van der Waals surface area contributed by atoms with Crippen molar-refractivity contribution in [3.8, 4) is 0 Å². The number of ether oxygens (including phenoxy) is 2. The van der Waals surface area contributed by atoms with E-state index in [0.717, 1.165) is 29.9 Å². The summed E-state index contributed by atoms with van der Waals surface area (Å²) < 4.78 is 10.5. The van der Waals surface area contributed by atoms with Crippen LogP contribution in [0.15, 0.2) is 41.4 Å². The molecule has 0 aliphatic heterocycles. The summed E-state index contributed by atoms with van der Waals surface area (Å²) >= 11 is 0. The number of oxime groups is 1. The third kappa shape index (κ3) is 4.59. The van der Waals surface area contributed by atoms with E-state index in [4.69, 9.17) is 20.4 Å². The highest BCUT2D eigenvalue weighted by Crippen LogP contribution is 2.28. The molecule has 1 heterocycles. The van der Waals surface area contributed by atoms with Crippen LogP contribution in [0.4, 0.5) is 0 Å². The SMILES string of the molecule is COC(=O)C(C)(C)COC1=CC=C(c2ccc(/C(N)=N/O)cn2)CC1. The molecule has 1 aliphatic carbocycles. The maximum absolute atomic E-state index is 11.7. The molecule has 3 N–H and O–H groups in total. The van der Waals surface area contributed by atoms with Gasteiger partial charge in [-0.2, -0.15) is 0 Å². The van der Waals surface area contributed by atoms with E-state index in [2.05, 4.69) is 10.1 Å². The maximum atomic E-state index is 11.7. The fourth-order valence-corrected chi connectivity index (χ4v) is 2.35. The summed E-state index contributed by atoms with van der Waals surface area (Å²) in [6, 6.07) is 3.59. The number of carbonyl (C=O) groups excluding carboxylic acids is 1. The Kier molecular flexibility index (Phi) is 5.80. The third-order valence-corrected chi connectivity index (χ3v) is 3.96. The largest absolute Gasteiger partial charge is 0.497 e. The van der Waals surface area contributed by atoms with Crippen LogP contribution in [0.2, 0.25) is 0 Å². The normalized spacial score (nSPS) is 15.2. The molecule has 0 radical (unpaired) electrons. The van der Waals surface area contributed by atoms with Crippen LogP contribution in [0, 0.1) is 5.41 Å². The van der Waals surface area contributed by atoms with Gasteiger partial charge in [0, 0.05) is 18.2 Å². The zero-order valence-corrected chi connectivity index (χ0v) is 14.7. The number of hydrogen-bond acceptors (Lipinski definition) is 6. The Bertz CT molecular complexity index is 718. The molecule has 0 saturated carbocycles. The molecule has 1 aromatic heterocycles. The van der Waals surface area contributed by atoms with Gasteiger partial charge in [-0.25, -0.2) is 0 Å². The second kappa shape index (κ2) is 7.83. The van der Waals surface area contributed by atoms with Gasteiger partial charge in [-0.05, 0) is 44.1 Å². The Morgan fingerprint density at radius 3 is 2.64 bits per heavy atom. The first-order valence-corrected chi connectivity index (χ1v) is 7.92. The Morgan fingerprint density at radius 1 is 1.36 bits per heavy atom. The van der Waals surface area contributed by atoms with Crippen LogP contribution < -0.4 is 5.73 Å². The number of nitrogens with two attached hydrogens (primary N) is 1. The van der Waals surface area contributed by atoms with Crippen LogP contribution in [0.1, 0.15) is 37.9 Å². The number of allylic oxidation sites excluding steroid dienone is 4. The number of methoxy groups -OCH3 is 1. The molecule has 0 amide bonds. The second-order valence-corrected chi connectivity index (χ2v) is 6.41. The Morgan fingerprint density at radius 2 is 2.12 bits per heavy atom. The minimum atomic E-state index is -0.689. The Labute approximate surface area is 146 Å². The second-order valence-electron chi connectivity index (χ2n) is 6.41. The van der Waals surface area contributed by atoms with Crippen molar-refractivity contribution in [2.24, 2.45) is 16.3 Å². The number of amidine groups is 1. The van der Waals surface area contributed by atoms with Crippen molar-refractivity contribution >= 4 is 17.4 Å². The number of nitrogens with zero attached hydrogens (tertiary/aromatic N) is 2. The summed E-state index contributed by atoms with van der Waals surface area (Å²) in [4.78, 5) is 16.0. The van der Waals surface area contributed by atoms with E-state index in [0.29, 0.717) is 5.56 Å². The minimum absolute atomic E-state index is 0.0282. The van der Waals surface area contributed by atoms with Gasteiger partial charge in [-0.3, -0.25) is 9.78 Å². The van der Waals surface area contributed by atoms with Gasteiger partial charge in [0.2, 0.25) is 0 Å². The van der Waals surface area contributed by atoms with Gasteiger partial charge in [0.05, 0.1) is 24.0 Å². The monoisotopic (exact) mass is 345 g/mol. The lowest BCUT2D eigenvalue weighted by molar-refractivity contribution is -0.153. The lowest BCUT2D eigenvalue weighted by Gasteiger charge is -2.23. The molecule has 1 aliphatic rings. The maximum Gasteiger partial charge on any atom is 0.314 e. The van der Waals surface area contributed by atoms with E-state index in [-0.39, 0.29) is 18.4 Å². The van der Waals surface area contributed by atoms with E-state index >= 15 is 0 Å². The summed E-state index contributed by atoms with van der Waals surface area (Å²) in [5.41, 5.74) is 7.31. The molecule has 0 unspecified atom stereocenters. The van der Waals surface area contributed by atoms with Crippen LogP contribution >= 0.6 is 0 Å². The average Bonchev–Trinajstić information content (AvgIpc) is 2.65. The van der Waals surface area contributed by atoms with Crippen molar-refractivity contribution in [3.63, 3.8) is 0 Å². The number of pyridine rings is 1. The number of rotatable bonds is 6. The average molecular weight is 345 g/mol. The molecule has 0 atom stereocenters. The predicted molar refractivity (Wildman–Crippen MR) is 93.8 cm³/mol. The fraction of sp³-hybridized carbons (Fsp3) is 0.389. The lowest BCUT2D eigenvalue weighted by atomic mass is 9.95. The quantitative estimate of drug-likeness (QED) is 0.270. The van der Waals surface area contributed by atoms with Gasteiger partial charge in [-0.1, -0.05) is 11.2 Å². The van der Waals surface area contributed by atoms with Crippen molar-refractivity contribution in [1.29, 1.82) is 0 Å². The van der Waals surface area contributed by atoms with Crippen molar-refractivity contribution in [1.82, 2.24) is 4.98 Å².